The molecule has 4 aliphatic rings. The number of amides is 2. The summed E-state index contributed by atoms with van der Waals surface area (Å²) in [7, 11) is 2.05. The first-order valence-electron chi connectivity index (χ1n) is 18.0. The van der Waals surface area contributed by atoms with Gasteiger partial charge >= 0.3 is 0 Å². The fourth-order valence-electron chi connectivity index (χ4n) is 10.6. The monoisotopic (exact) mass is 610 g/mol. The molecule has 7 atom stereocenters. The molecule has 4 nitrogen and oxygen atoms in total. The van der Waals surface area contributed by atoms with Gasteiger partial charge in [-0.25, -0.2) is 0 Å². The molecule has 1 heterocycles. The van der Waals surface area contributed by atoms with E-state index in [-0.39, 0.29) is 16.7 Å². The third-order valence-corrected chi connectivity index (χ3v) is 13.2. The Morgan fingerprint density at radius 1 is 0.837 bits per heavy atom. The van der Waals surface area contributed by atoms with Crippen molar-refractivity contribution in [3.05, 3.63) is 34.9 Å². The van der Waals surface area contributed by atoms with Gasteiger partial charge in [-0.3, -0.25) is 9.59 Å². The van der Waals surface area contributed by atoms with Gasteiger partial charge in [0, 0.05) is 42.7 Å². The second-order valence-corrected chi connectivity index (χ2v) is 15.7. The van der Waals surface area contributed by atoms with E-state index in [4.69, 9.17) is 11.6 Å². The molecule has 43 heavy (non-hydrogen) atoms. The average molecular weight is 611 g/mol. The van der Waals surface area contributed by atoms with Crippen LogP contribution in [0.4, 0.5) is 0 Å². The maximum atomic E-state index is 14.2. The summed E-state index contributed by atoms with van der Waals surface area (Å²) in [5.74, 6) is 2.62. The van der Waals surface area contributed by atoms with Crippen molar-refractivity contribution in [3.8, 4) is 0 Å². The van der Waals surface area contributed by atoms with Crippen LogP contribution in [0.3, 0.4) is 0 Å². The molecule has 0 spiro atoms. The Hall–Kier alpha value is -1.55. The van der Waals surface area contributed by atoms with Gasteiger partial charge in [-0.05, 0) is 104 Å². The number of fused-ring (bicyclic) bond motifs is 5. The molecule has 3 aliphatic carbocycles. The van der Waals surface area contributed by atoms with E-state index in [0.717, 1.165) is 43.7 Å². The number of hydrogen-bond acceptors (Lipinski definition) is 2. The van der Waals surface area contributed by atoms with Gasteiger partial charge in [0.1, 0.15) is 0 Å². The largest absolute Gasteiger partial charge is 0.342 e. The summed E-state index contributed by atoms with van der Waals surface area (Å²) in [5.41, 5.74) is 1.18. The van der Waals surface area contributed by atoms with E-state index in [0.29, 0.717) is 41.3 Å². The van der Waals surface area contributed by atoms with Gasteiger partial charge < -0.3 is 9.80 Å². The highest BCUT2D eigenvalue weighted by molar-refractivity contribution is 6.30. The molecule has 1 aliphatic heterocycles. The van der Waals surface area contributed by atoms with Gasteiger partial charge in [-0.1, -0.05) is 90.2 Å². The van der Waals surface area contributed by atoms with Crippen LogP contribution in [-0.2, 0) is 4.79 Å². The maximum Gasteiger partial charge on any atom is 0.254 e. The number of carbonyl (C=O) groups excluding carboxylic acids is 2. The van der Waals surface area contributed by atoms with E-state index in [1.165, 1.54) is 83.5 Å². The minimum Gasteiger partial charge on any atom is -0.342 e. The van der Waals surface area contributed by atoms with Crippen LogP contribution < -0.4 is 0 Å². The van der Waals surface area contributed by atoms with Crippen LogP contribution in [0.2, 0.25) is 5.02 Å². The minimum absolute atomic E-state index is 0.168. The van der Waals surface area contributed by atoms with Gasteiger partial charge in [0.2, 0.25) is 5.91 Å². The number of piperidine rings is 1. The van der Waals surface area contributed by atoms with Crippen molar-refractivity contribution in [2.45, 2.75) is 148 Å². The lowest BCUT2D eigenvalue weighted by atomic mass is 9.47. The molecular formula is C38H59ClN2O2. The smallest absolute Gasteiger partial charge is 0.254 e. The van der Waals surface area contributed by atoms with Crippen molar-refractivity contribution in [1.82, 2.24) is 9.80 Å². The topological polar surface area (TPSA) is 40.6 Å². The van der Waals surface area contributed by atoms with E-state index in [1.54, 1.807) is 0 Å². The molecule has 5 heteroatoms. The second kappa shape index (κ2) is 14.3. The van der Waals surface area contributed by atoms with Gasteiger partial charge in [0.15, 0.2) is 0 Å². The molecule has 3 saturated carbocycles. The zero-order chi connectivity index (χ0) is 30.6. The molecule has 0 aromatic heterocycles. The number of hydrogen-bond donors (Lipinski definition) is 0. The summed E-state index contributed by atoms with van der Waals surface area (Å²) in [6.07, 6.45) is 22.0. The van der Waals surface area contributed by atoms with Crippen molar-refractivity contribution in [3.63, 3.8) is 0 Å². The van der Waals surface area contributed by atoms with Crippen LogP contribution in [0.1, 0.15) is 147 Å². The number of likely N-dealkylation sites (tertiary alicyclic amines) is 1. The van der Waals surface area contributed by atoms with Gasteiger partial charge in [0.05, 0.1) is 0 Å². The number of halogens is 1. The SMILES string of the molecule is CCCCCCCCCCCCN(C(=O)c1ccc(Cl)cc1)[C@H]1CC[C@H]2[C@@H]3CC[C@H]4N(C)C(=O)CC[C@]4(C)[C@H]3CC[C@]12C. The Bertz CT molecular complexity index is 1090. The van der Waals surface area contributed by atoms with Crippen molar-refractivity contribution in [2.24, 2.45) is 28.6 Å². The minimum atomic E-state index is 0.168. The van der Waals surface area contributed by atoms with E-state index < -0.39 is 0 Å². The summed E-state index contributed by atoms with van der Waals surface area (Å²) in [6.45, 7) is 8.19. The van der Waals surface area contributed by atoms with Crippen LogP contribution in [0.5, 0.6) is 0 Å². The van der Waals surface area contributed by atoms with Crippen molar-refractivity contribution in [1.29, 1.82) is 0 Å². The predicted octanol–water partition coefficient (Wildman–Crippen LogP) is 9.94. The number of rotatable bonds is 13. The quantitative estimate of drug-likeness (QED) is 0.208. The summed E-state index contributed by atoms with van der Waals surface area (Å²) >= 11 is 6.21. The third kappa shape index (κ3) is 6.70. The Balaban J connectivity index is 1.26. The van der Waals surface area contributed by atoms with Crippen LogP contribution in [0.25, 0.3) is 0 Å². The Labute approximate surface area is 267 Å². The lowest BCUT2D eigenvalue weighted by Crippen LogP contribution is -2.62. The number of nitrogens with zero attached hydrogens (tertiary/aromatic N) is 2. The van der Waals surface area contributed by atoms with E-state index in [1.807, 2.05) is 24.3 Å². The fourth-order valence-corrected chi connectivity index (χ4v) is 10.7. The molecule has 0 unspecified atom stereocenters. The zero-order valence-corrected chi connectivity index (χ0v) is 28.5. The summed E-state index contributed by atoms with van der Waals surface area (Å²) in [5, 5.41) is 0.683. The Morgan fingerprint density at radius 2 is 1.47 bits per heavy atom. The van der Waals surface area contributed by atoms with E-state index >= 15 is 0 Å². The molecule has 5 rings (SSSR count). The van der Waals surface area contributed by atoms with Crippen LogP contribution in [0, 0.1) is 28.6 Å². The van der Waals surface area contributed by atoms with Crippen molar-refractivity contribution >= 4 is 23.4 Å². The molecule has 1 saturated heterocycles. The molecule has 240 valence electrons. The molecule has 4 fully saturated rings. The molecule has 2 amide bonds. The highest BCUT2D eigenvalue weighted by atomic mass is 35.5. The fraction of sp³-hybridized carbons (Fsp3) is 0.789. The summed E-state index contributed by atoms with van der Waals surface area (Å²) in [6, 6.07) is 8.28. The van der Waals surface area contributed by atoms with Crippen LogP contribution >= 0.6 is 11.6 Å². The third-order valence-electron chi connectivity index (χ3n) is 13.0. The summed E-state index contributed by atoms with van der Waals surface area (Å²) in [4.78, 5) is 31.2. The number of unbranched alkanes of at least 4 members (excludes halogenated alkanes) is 9. The second-order valence-electron chi connectivity index (χ2n) is 15.3. The summed E-state index contributed by atoms with van der Waals surface area (Å²) < 4.78 is 0. The maximum absolute atomic E-state index is 14.2. The lowest BCUT2D eigenvalue weighted by Gasteiger charge is -2.62. The van der Waals surface area contributed by atoms with Crippen molar-refractivity contribution < 1.29 is 9.59 Å². The molecule has 0 radical (unpaired) electrons. The molecule has 0 N–H and O–H groups in total. The molecular weight excluding hydrogens is 552 g/mol. The van der Waals surface area contributed by atoms with Crippen molar-refractivity contribution in [2.75, 3.05) is 13.6 Å². The molecule has 1 aromatic carbocycles. The van der Waals surface area contributed by atoms with Crippen LogP contribution in [0.15, 0.2) is 24.3 Å². The first kappa shape index (κ1) is 32.8. The molecule has 0 bridgehead atoms. The highest BCUT2D eigenvalue weighted by Gasteiger charge is 2.62. The Morgan fingerprint density at radius 3 is 2.14 bits per heavy atom. The Kier molecular flexibility index (Phi) is 10.9. The molecule has 1 aromatic rings. The zero-order valence-electron chi connectivity index (χ0n) is 27.7. The van der Waals surface area contributed by atoms with Gasteiger partial charge in [-0.15, -0.1) is 0 Å². The first-order chi connectivity index (χ1) is 20.7. The van der Waals surface area contributed by atoms with Crippen LogP contribution in [-0.4, -0.2) is 47.3 Å². The predicted molar refractivity (Wildman–Crippen MR) is 178 cm³/mol. The van der Waals surface area contributed by atoms with Gasteiger partial charge in [-0.2, -0.15) is 0 Å². The standard InChI is InChI=1S/C38H59ClN2O2/c1-5-6-7-8-9-10-11-12-13-14-27-41(36(43)28-15-17-29(39)18-16-28)34-22-20-31-30-19-21-33-37(2,26-24-35(42)40(33)4)32(30)23-25-38(31,34)3/h15-18,30-34H,5-14,19-27H2,1-4H3/t30-,31-,32-,33+,34-,37+,38-/m0/s1. The average Bonchev–Trinajstić information content (AvgIpc) is 3.35. The van der Waals surface area contributed by atoms with E-state index in [2.05, 4.69) is 37.6 Å². The normalized spacial score (nSPS) is 33.6. The number of benzene rings is 1. The van der Waals surface area contributed by atoms with E-state index in [9.17, 15) is 9.59 Å². The first-order valence-corrected chi connectivity index (χ1v) is 18.4. The van der Waals surface area contributed by atoms with Gasteiger partial charge in [0.25, 0.3) is 5.91 Å². The highest BCUT2D eigenvalue weighted by Crippen LogP contribution is 2.65. The number of carbonyl (C=O) groups is 2. The lowest BCUT2D eigenvalue weighted by molar-refractivity contribution is -0.158.